The monoisotopic (exact) mass is 193 g/mol. The van der Waals surface area contributed by atoms with Crippen LogP contribution in [0.1, 0.15) is 17.5 Å². The van der Waals surface area contributed by atoms with Crippen molar-refractivity contribution in [1.82, 2.24) is 14.8 Å². The summed E-state index contributed by atoms with van der Waals surface area (Å²) in [7, 11) is 1.80. The fourth-order valence-electron chi connectivity index (χ4n) is 1.26. The van der Waals surface area contributed by atoms with E-state index in [0.29, 0.717) is 6.42 Å². The number of hydrogen-bond donors (Lipinski definition) is 1. The largest absolute Gasteiger partial charge is 0.472 e. The Morgan fingerprint density at radius 1 is 1.64 bits per heavy atom. The number of aliphatic hydroxyl groups excluding tert-OH is 1. The molecule has 2 heterocycles. The van der Waals surface area contributed by atoms with E-state index in [-0.39, 0.29) is 0 Å². The first-order chi connectivity index (χ1) is 6.77. The van der Waals surface area contributed by atoms with Gasteiger partial charge in [0.2, 0.25) is 0 Å². The first-order valence-corrected chi connectivity index (χ1v) is 4.30. The molecule has 2 aromatic heterocycles. The molecule has 0 aliphatic carbocycles. The third kappa shape index (κ3) is 1.67. The van der Waals surface area contributed by atoms with Crippen LogP contribution in [0.25, 0.3) is 0 Å². The zero-order chi connectivity index (χ0) is 9.97. The van der Waals surface area contributed by atoms with Crippen molar-refractivity contribution in [2.24, 2.45) is 7.05 Å². The number of furan rings is 1. The van der Waals surface area contributed by atoms with E-state index in [9.17, 15) is 5.11 Å². The van der Waals surface area contributed by atoms with E-state index in [0.717, 1.165) is 11.4 Å². The first-order valence-electron chi connectivity index (χ1n) is 4.30. The summed E-state index contributed by atoms with van der Waals surface area (Å²) in [5, 5.41) is 13.7. The number of rotatable bonds is 3. The molecule has 1 N–H and O–H groups in total. The van der Waals surface area contributed by atoms with Crippen molar-refractivity contribution in [2.45, 2.75) is 12.5 Å². The lowest BCUT2D eigenvalue weighted by Gasteiger charge is -2.06. The van der Waals surface area contributed by atoms with E-state index in [1.165, 1.54) is 18.9 Å². The second-order valence-electron chi connectivity index (χ2n) is 3.08. The molecule has 2 aromatic rings. The summed E-state index contributed by atoms with van der Waals surface area (Å²) in [5.41, 5.74) is 0.757. The Bertz CT molecular complexity index is 394. The highest BCUT2D eigenvalue weighted by Crippen LogP contribution is 2.16. The van der Waals surface area contributed by atoms with Gasteiger partial charge in [-0.25, -0.2) is 4.98 Å². The van der Waals surface area contributed by atoms with Crippen LogP contribution in [0.15, 0.2) is 29.3 Å². The molecule has 0 fully saturated rings. The van der Waals surface area contributed by atoms with Gasteiger partial charge in [-0.1, -0.05) is 0 Å². The van der Waals surface area contributed by atoms with Crippen LogP contribution in [0.2, 0.25) is 0 Å². The predicted molar refractivity (Wildman–Crippen MR) is 48.4 cm³/mol. The Kier molecular flexibility index (Phi) is 2.32. The molecule has 0 spiro atoms. The maximum absolute atomic E-state index is 9.76. The molecule has 0 amide bonds. The second kappa shape index (κ2) is 3.63. The highest BCUT2D eigenvalue weighted by atomic mass is 16.3. The quantitative estimate of drug-likeness (QED) is 0.778. The second-order valence-corrected chi connectivity index (χ2v) is 3.08. The summed E-state index contributed by atoms with van der Waals surface area (Å²) in [4.78, 5) is 4.03. The van der Waals surface area contributed by atoms with E-state index in [1.807, 2.05) is 0 Å². The Hall–Kier alpha value is -1.62. The number of aromatic nitrogens is 3. The topological polar surface area (TPSA) is 64.1 Å². The highest BCUT2D eigenvalue weighted by molar-refractivity contribution is 5.10. The fourth-order valence-corrected chi connectivity index (χ4v) is 1.26. The molecule has 5 nitrogen and oxygen atoms in total. The van der Waals surface area contributed by atoms with E-state index in [4.69, 9.17) is 4.42 Å². The average molecular weight is 193 g/mol. The number of nitrogens with zero attached hydrogens (tertiary/aromatic N) is 3. The van der Waals surface area contributed by atoms with Crippen molar-refractivity contribution >= 4 is 0 Å². The summed E-state index contributed by atoms with van der Waals surface area (Å²) >= 11 is 0. The van der Waals surface area contributed by atoms with Gasteiger partial charge in [-0.05, 0) is 6.07 Å². The predicted octanol–water partition coefficient (Wildman–Crippen LogP) is 0.684. The molecule has 0 aromatic carbocycles. The highest BCUT2D eigenvalue weighted by Gasteiger charge is 2.12. The SMILES string of the molecule is Cn1ncnc1CC(O)c1ccoc1. The molecular formula is C9H11N3O2. The molecule has 2 rings (SSSR count). The van der Waals surface area contributed by atoms with Crippen LogP contribution in [-0.2, 0) is 13.5 Å². The number of aryl methyl sites for hydroxylation is 1. The van der Waals surface area contributed by atoms with Crippen LogP contribution < -0.4 is 0 Å². The average Bonchev–Trinajstić information content (AvgIpc) is 2.77. The molecule has 0 radical (unpaired) electrons. The van der Waals surface area contributed by atoms with Crippen molar-refractivity contribution in [1.29, 1.82) is 0 Å². The number of hydrogen-bond acceptors (Lipinski definition) is 4. The van der Waals surface area contributed by atoms with Crippen LogP contribution in [0.3, 0.4) is 0 Å². The van der Waals surface area contributed by atoms with Crippen molar-refractivity contribution in [3.63, 3.8) is 0 Å². The van der Waals surface area contributed by atoms with Crippen LogP contribution in [0.5, 0.6) is 0 Å². The van der Waals surface area contributed by atoms with Gasteiger partial charge in [0.1, 0.15) is 12.2 Å². The summed E-state index contributed by atoms with van der Waals surface area (Å²) in [6.07, 6.45) is 4.39. The maximum Gasteiger partial charge on any atom is 0.138 e. The Morgan fingerprint density at radius 3 is 3.07 bits per heavy atom. The molecule has 0 saturated heterocycles. The van der Waals surface area contributed by atoms with Crippen LogP contribution in [0.4, 0.5) is 0 Å². The van der Waals surface area contributed by atoms with Gasteiger partial charge in [-0.2, -0.15) is 5.10 Å². The smallest absolute Gasteiger partial charge is 0.138 e. The summed E-state index contributed by atoms with van der Waals surface area (Å²) < 4.78 is 6.52. The lowest BCUT2D eigenvalue weighted by Crippen LogP contribution is -2.06. The zero-order valence-electron chi connectivity index (χ0n) is 7.79. The van der Waals surface area contributed by atoms with Crippen molar-refractivity contribution in [2.75, 3.05) is 0 Å². The van der Waals surface area contributed by atoms with Gasteiger partial charge in [-0.3, -0.25) is 4.68 Å². The molecule has 0 aliphatic rings. The van der Waals surface area contributed by atoms with Gasteiger partial charge >= 0.3 is 0 Å². The minimum Gasteiger partial charge on any atom is -0.472 e. The molecule has 1 unspecified atom stereocenters. The molecule has 14 heavy (non-hydrogen) atoms. The molecular weight excluding hydrogens is 182 g/mol. The zero-order valence-corrected chi connectivity index (χ0v) is 7.79. The van der Waals surface area contributed by atoms with E-state index in [1.54, 1.807) is 17.8 Å². The van der Waals surface area contributed by atoms with Gasteiger partial charge in [-0.15, -0.1) is 0 Å². The van der Waals surface area contributed by atoms with Crippen LogP contribution in [-0.4, -0.2) is 19.9 Å². The lowest BCUT2D eigenvalue weighted by molar-refractivity contribution is 0.173. The van der Waals surface area contributed by atoms with Gasteiger partial charge in [0.15, 0.2) is 0 Å². The van der Waals surface area contributed by atoms with Crippen LogP contribution >= 0.6 is 0 Å². The molecule has 5 heteroatoms. The molecule has 1 atom stereocenters. The van der Waals surface area contributed by atoms with Crippen molar-refractivity contribution < 1.29 is 9.52 Å². The molecule has 0 saturated carbocycles. The number of aliphatic hydroxyl groups is 1. The van der Waals surface area contributed by atoms with Gasteiger partial charge in [0.05, 0.1) is 18.6 Å². The molecule has 74 valence electrons. The molecule has 0 aliphatic heterocycles. The van der Waals surface area contributed by atoms with Crippen molar-refractivity contribution in [3.8, 4) is 0 Å². The molecule has 0 bridgehead atoms. The van der Waals surface area contributed by atoms with Gasteiger partial charge in [0.25, 0.3) is 0 Å². The van der Waals surface area contributed by atoms with E-state index >= 15 is 0 Å². The Morgan fingerprint density at radius 2 is 2.50 bits per heavy atom. The fraction of sp³-hybridized carbons (Fsp3) is 0.333. The maximum atomic E-state index is 9.76. The standard InChI is InChI=1S/C9H11N3O2/c1-12-9(10-6-11-12)4-8(13)7-2-3-14-5-7/h2-3,5-6,8,13H,4H2,1H3. The van der Waals surface area contributed by atoms with Crippen molar-refractivity contribution in [3.05, 3.63) is 36.3 Å². The van der Waals surface area contributed by atoms with Crippen LogP contribution in [0, 0.1) is 0 Å². The third-order valence-corrected chi connectivity index (χ3v) is 2.11. The third-order valence-electron chi connectivity index (χ3n) is 2.11. The minimum absolute atomic E-state index is 0.441. The van der Waals surface area contributed by atoms with Gasteiger partial charge in [0, 0.05) is 19.0 Å². The Balaban J connectivity index is 2.09. The summed E-state index contributed by atoms with van der Waals surface area (Å²) in [5.74, 6) is 0.749. The minimum atomic E-state index is -0.586. The Labute approximate surface area is 81.0 Å². The lowest BCUT2D eigenvalue weighted by atomic mass is 10.1. The van der Waals surface area contributed by atoms with E-state index < -0.39 is 6.10 Å². The van der Waals surface area contributed by atoms with Gasteiger partial charge < -0.3 is 9.52 Å². The normalized spacial score (nSPS) is 13.0. The first kappa shape index (κ1) is 8.96. The summed E-state index contributed by atoms with van der Waals surface area (Å²) in [6.45, 7) is 0. The summed E-state index contributed by atoms with van der Waals surface area (Å²) in [6, 6.07) is 1.74. The van der Waals surface area contributed by atoms with E-state index in [2.05, 4.69) is 10.1 Å².